The quantitative estimate of drug-likeness (QED) is 0.816. The summed E-state index contributed by atoms with van der Waals surface area (Å²) >= 11 is 0. The molecule has 3 N–H and O–H groups in total. The Morgan fingerprint density at radius 2 is 2.08 bits per heavy atom. The van der Waals surface area contributed by atoms with E-state index in [1.165, 1.54) is 6.92 Å². The van der Waals surface area contributed by atoms with E-state index in [2.05, 4.69) is 4.72 Å². The van der Waals surface area contributed by atoms with Crippen molar-refractivity contribution in [2.75, 3.05) is 18.0 Å². The third-order valence-corrected chi connectivity index (χ3v) is 6.52. The predicted octanol–water partition coefficient (Wildman–Crippen LogP) is 1.42. The summed E-state index contributed by atoms with van der Waals surface area (Å²) in [5, 5.41) is 0. The van der Waals surface area contributed by atoms with Crippen molar-refractivity contribution in [1.82, 2.24) is 4.72 Å². The van der Waals surface area contributed by atoms with Crippen LogP contribution in [0.5, 0.6) is 0 Å². The average molecular weight is 374 g/mol. The van der Waals surface area contributed by atoms with Gasteiger partial charge in [-0.25, -0.2) is 13.1 Å². The lowest BCUT2D eigenvalue weighted by Crippen LogP contribution is -2.52. The number of fused-ring (bicyclic) bond motifs is 1. The number of amides is 1. The van der Waals surface area contributed by atoms with Gasteiger partial charge < -0.3 is 10.6 Å². The maximum absolute atomic E-state index is 12.7. The fraction of sp³-hybridized carbons (Fsp3) is 0.562. The van der Waals surface area contributed by atoms with Crippen LogP contribution in [0, 0.1) is 5.92 Å². The average Bonchev–Trinajstić information content (AvgIpc) is 3.26. The Kier molecular flexibility index (Phi) is 5.30. The van der Waals surface area contributed by atoms with Crippen LogP contribution in [0.15, 0.2) is 23.1 Å². The molecule has 1 heterocycles. The van der Waals surface area contributed by atoms with Gasteiger partial charge in [-0.05, 0) is 49.8 Å². The van der Waals surface area contributed by atoms with Gasteiger partial charge in [0.15, 0.2) is 0 Å². The Morgan fingerprint density at radius 1 is 1.42 bits per heavy atom. The van der Waals surface area contributed by atoms with E-state index in [0.29, 0.717) is 18.2 Å². The Hall–Kier alpha value is -1.15. The van der Waals surface area contributed by atoms with Gasteiger partial charge in [0.25, 0.3) is 0 Å². The van der Waals surface area contributed by atoms with E-state index >= 15 is 0 Å². The van der Waals surface area contributed by atoms with Crippen LogP contribution in [0.25, 0.3) is 0 Å². The summed E-state index contributed by atoms with van der Waals surface area (Å²) in [4.78, 5) is 13.5. The number of carbonyl (C=O) groups is 1. The van der Waals surface area contributed by atoms with Crippen molar-refractivity contribution < 1.29 is 13.2 Å². The molecule has 0 spiro atoms. The molecule has 2 aliphatic rings. The van der Waals surface area contributed by atoms with E-state index in [0.717, 1.165) is 24.8 Å². The van der Waals surface area contributed by atoms with E-state index in [-0.39, 0.29) is 29.8 Å². The van der Waals surface area contributed by atoms with E-state index in [4.69, 9.17) is 5.73 Å². The monoisotopic (exact) mass is 373 g/mol. The minimum atomic E-state index is -3.67. The topological polar surface area (TPSA) is 92.5 Å². The van der Waals surface area contributed by atoms with Crippen molar-refractivity contribution in [2.45, 2.75) is 43.5 Å². The molecule has 24 heavy (non-hydrogen) atoms. The largest absolute Gasteiger partial charge is 0.329 e. The van der Waals surface area contributed by atoms with Crippen LogP contribution < -0.4 is 15.4 Å². The zero-order chi connectivity index (χ0) is 16.8. The Balaban J connectivity index is 0.00000208. The molecule has 6 nitrogen and oxygen atoms in total. The normalized spacial score (nSPS) is 19.4. The van der Waals surface area contributed by atoms with Crippen LogP contribution in [0.1, 0.15) is 32.3 Å². The van der Waals surface area contributed by atoms with Crippen molar-refractivity contribution in [3.63, 3.8) is 0 Å². The van der Waals surface area contributed by atoms with Crippen LogP contribution in [0.3, 0.4) is 0 Å². The van der Waals surface area contributed by atoms with Gasteiger partial charge in [-0.15, -0.1) is 12.4 Å². The number of sulfonamides is 1. The molecule has 0 radical (unpaired) electrons. The molecule has 1 saturated carbocycles. The van der Waals surface area contributed by atoms with Crippen LogP contribution in [-0.4, -0.2) is 33.0 Å². The third kappa shape index (κ3) is 3.44. The number of nitrogens with two attached hydrogens (primary N) is 1. The fourth-order valence-electron chi connectivity index (χ4n) is 3.23. The molecule has 1 atom stereocenters. The molecule has 1 fully saturated rings. The molecule has 1 amide bonds. The molecule has 3 rings (SSSR count). The number of benzene rings is 1. The summed E-state index contributed by atoms with van der Waals surface area (Å²) in [5.41, 5.74) is 6.89. The van der Waals surface area contributed by atoms with E-state index in [1.54, 1.807) is 23.1 Å². The van der Waals surface area contributed by atoms with E-state index in [9.17, 15) is 13.2 Å². The SMILES string of the molecule is CC(=O)N1CCc2ccc(S(=O)(=O)NC(C)(CN)C3CC3)cc21.Cl. The molecular formula is C16H24ClN3O3S. The maximum Gasteiger partial charge on any atom is 0.241 e. The number of hydrogen-bond acceptors (Lipinski definition) is 4. The Morgan fingerprint density at radius 3 is 2.62 bits per heavy atom. The lowest BCUT2D eigenvalue weighted by molar-refractivity contribution is -0.116. The van der Waals surface area contributed by atoms with Crippen LogP contribution in [0.4, 0.5) is 5.69 Å². The van der Waals surface area contributed by atoms with Gasteiger partial charge in [-0.2, -0.15) is 0 Å². The van der Waals surface area contributed by atoms with Crippen molar-refractivity contribution in [2.24, 2.45) is 11.7 Å². The van der Waals surface area contributed by atoms with Gasteiger partial charge in [0, 0.05) is 31.2 Å². The first kappa shape index (κ1) is 19.2. The predicted molar refractivity (Wildman–Crippen MR) is 95.9 cm³/mol. The number of nitrogens with zero attached hydrogens (tertiary/aromatic N) is 1. The summed E-state index contributed by atoms with van der Waals surface area (Å²) in [5.74, 6) is 0.224. The summed E-state index contributed by atoms with van der Waals surface area (Å²) < 4.78 is 28.3. The molecule has 1 unspecified atom stereocenters. The summed E-state index contributed by atoms with van der Waals surface area (Å²) in [6.07, 6.45) is 2.75. The molecule has 1 aromatic rings. The van der Waals surface area contributed by atoms with Gasteiger partial charge in [-0.1, -0.05) is 6.07 Å². The van der Waals surface area contributed by atoms with Crippen molar-refractivity contribution in [3.8, 4) is 0 Å². The number of halogens is 1. The molecule has 8 heteroatoms. The van der Waals surface area contributed by atoms with Gasteiger partial charge in [0.05, 0.1) is 4.90 Å². The minimum Gasteiger partial charge on any atom is -0.329 e. The number of hydrogen-bond donors (Lipinski definition) is 2. The lowest BCUT2D eigenvalue weighted by Gasteiger charge is -2.29. The maximum atomic E-state index is 12.7. The van der Waals surface area contributed by atoms with Crippen molar-refractivity contribution in [3.05, 3.63) is 23.8 Å². The first-order valence-electron chi connectivity index (χ1n) is 7.92. The molecule has 0 aromatic heterocycles. The lowest BCUT2D eigenvalue weighted by atomic mass is 9.98. The zero-order valence-corrected chi connectivity index (χ0v) is 15.5. The summed E-state index contributed by atoms with van der Waals surface area (Å²) in [6, 6.07) is 4.99. The third-order valence-electron chi connectivity index (χ3n) is 4.91. The van der Waals surface area contributed by atoms with Crippen molar-refractivity contribution >= 4 is 34.0 Å². The van der Waals surface area contributed by atoms with Crippen LogP contribution in [-0.2, 0) is 21.2 Å². The highest BCUT2D eigenvalue weighted by Gasteiger charge is 2.43. The first-order chi connectivity index (χ1) is 10.8. The number of rotatable bonds is 5. The summed E-state index contributed by atoms with van der Waals surface area (Å²) in [6.45, 7) is 4.22. The zero-order valence-electron chi connectivity index (χ0n) is 13.9. The van der Waals surface area contributed by atoms with Gasteiger partial charge in [-0.3, -0.25) is 4.79 Å². The number of nitrogens with one attached hydrogen (secondary N) is 1. The number of anilines is 1. The molecule has 0 bridgehead atoms. The van der Waals surface area contributed by atoms with Gasteiger partial charge in [0.1, 0.15) is 0 Å². The van der Waals surface area contributed by atoms with Gasteiger partial charge in [0.2, 0.25) is 15.9 Å². The van der Waals surface area contributed by atoms with E-state index in [1.807, 2.05) is 6.92 Å². The fourth-order valence-corrected chi connectivity index (χ4v) is 4.73. The van der Waals surface area contributed by atoms with Crippen LogP contribution in [0.2, 0.25) is 0 Å². The second kappa shape index (κ2) is 6.63. The highest BCUT2D eigenvalue weighted by Crippen LogP contribution is 2.40. The standard InChI is InChI=1S/C16H23N3O3S.ClH/c1-11(20)19-8-7-12-3-6-14(9-15(12)19)23(21,22)18-16(2,10-17)13-4-5-13;/h3,6,9,13,18H,4-5,7-8,10,17H2,1-2H3;1H. The number of carbonyl (C=O) groups excluding carboxylic acids is 1. The second-order valence-corrected chi connectivity index (χ2v) is 8.39. The molecule has 0 saturated heterocycles. The Labute approximate surface area is 149 Å². The highest BCUT2D eigenvalue weighted by molar-refractivity contribution is 7.89. The molecule has 1 aliphatic heterocycles. The van der Waals surface area contributed by atoms with Gasteiger partial charge >= 0.3 is 0 Å². The second-order valence-electron chi connectivity index (χ2n) is 6.71. The first-order valence-corrected chi connectivity index (χ1v) is 9.40. The summed E-state index contributed by atoms with van der Waals surface area (Å²) in [7, 11) is -3.67. The molecule has 1 aromatic carbocycles. The van der Waals surface area contributed by atoms with E-state index < -0.39 is 15.6 Å². The highest BCUT2D eigenvalue weighted by atomic mass is 35.5. The van der Waals surface area contributed by atoms with Crippen LogP contribution >= 0.6 is 12.4 Å². The molecule has 134 valence electrons. The molecular weight excluding hydrogens is 350 g/mol. The van der Waals surface area contributed by atoms with Crippen molar-refractivity contribution in [1.29, 1.82) is 0 Å². The minimum absolute atomic E-state index is 0. The molecule has 1 aliphatic carbocycles. The Bertz CT molecular complexity index is 749. The smallest absolute Gasteiger partial charge is 0.241 e.